The van der Waals surface area contributed by atoms with E-state index in [0.29, 0.717) is 18.5 Å². The summed E-state index contributed by atoms with van der Waals surface area (Å²) in [7, 11) is 0. The van der Waals surface area contributed by atoms with Gasteiger partial charge in [0.2, 0.25) is 5.91 Å². The standard InChI is InChI=1S/C16H19F3N2O/c1-10-9-20-5-6-21(10)15(22)14-8-13(14)11-3-2-4-12(7-11)16(17,18)19/h2-4,7,10,13-14,20H,5-6,8-9H2,1H3/t10-,13+,14+/m1/s1. The molecule has 1 heterocycles. The zero-order valence-electron chi connectivity index (χ0n) is 12.4. The van der Waals surface area contributed by atoms with Crippen molar-refractivity contribution in [1.82, 2.24) is 10.2 Å². The van der Waals surface area contributed by atoms with Gasteiger partial charge < -0.3 is 10.2 Å². The van der Waals surface area contributed by atoms with E-state index in [0.717, 1.165) is 19.2 Å². The maximum atomic E-state index is 12.8. The molecule has 0 aromatic heterocycles. The van der Waals surface area contributed by atoms with Gasteiger partial charge in [0.25, 0.3) is 0 Å². The summed E-state index contributed by atoms with van der Waals surface area (Å²) >= 11 is 0. The maximum Gasteiger partial charge on any atom is 0.416 e. The molecule has 3 rings (SSSR count). The van der Waals surface area contributed by atoms with Gasteiger partial charge in [-0.05, 0) is 30.9 Å². The Hall–Kier alpha value is -1.56. The van der Waals surface area contributed by atoms with Crippen LogP contribution < -0.4 is 5.32 Å². The molecule has 6 heteroatoms. The molecule has 2 fully saturated rings. The van der Waals surface area contributed by atoms with Gasteiger partial charge in [-0.15, -0.1) is 0 Å². The van der Waals surface area contributed by atoms with E-state index >= 15 is 0 Å². The van der Waals surface area contributed by atoms with Crippen molar-refractivity contribution in [1.29, 1.82) is 0 Å². The number of hydrogen-bond donors (Lipinski definition) is 1. The molecule has 1 aromatic carbocycles. The Morgan fingerprint density at radius 1 is 1.36 bits per heavy atom. The summed E-state index contributed by atoms with van der Waals surface area (Å²) in [5.41, 5.74) is -0.0189. The summed E-state index contributed by atoms with van der Waals surface area (Å²) in [6.45, 7) is 4.21. The average Bonchev–Trinajstić information content (AvgIpc) is 3.27. The number of alkyl halides is 3. The Labute approximate surface area is 127 Å². The molecule has 0 bridgehead atoms. The Morgan fingerprint density at radius 2 is 2.14 bits per heavy atom. The number of hydrogen-bond acceptors (Lipinski definition) is 2. The van der Waals surface area contributed by atoms with Crippen molar-refractivity contribution in [3.8, 4) is 0 Å². The van der Waals surface area contributed by atoms with Gasteiger partial charge in [-0.3, -0.25) is 4.79 Å². The van der Waals surface area contributed by atoms with E-state index in [2.05, 4.69) is 5.32 Å². The third kappa shape index (κ3) is 2.97. The number of carbonyl (C=O) groups excluding carboxylic acids is 1. The minimum atomic E-state index is -4.34. The molecule has 120 valence electrons. The fraction of sp³-hybridized carbons (Fsp3) is 0.562. The van der Waals surface area contributed by atoms with Crippen LogP contribution in [0.2, 0.25) is 0 Å². The predicted octanol–water partition coefficient (Wildman–Crippen LogP) is 2.63. The van der Waals surface area contributed by atoms with Gasteiger partial charge in [0.15, 0.2) is 0 Å². The van der Waals surface area contributed by atoms with Gasteiger partial charge >= 0.3 is 6.18 Å². The average molecular weight is 312 g/mol. The first kappa shape index (κ1) is 15.3. The maximum absolute atomic E-state index is 12.8. The third-order valence-electron chi connectivity index (χ3n) is 4.53. The van der Waals surface area contributed by atoms with Crippen molar-refractivity contribution >= 4 is 5.91 Å². The number of benzene rings is 1. The molecule has 2 aliphatic rings. The molecule has 1 saturated carbocycles. The van der Waals surface area contributed by atoms with Crippen LogP contribution in [0.15, 0.2) is 24.3 Å². The summed E-state index contributed by atoms with van der Waals surface area (Å²) in [6.07, 6.45) is -3.69. The molecule has 3 atom stereocenters. The summed E-state index contributed by atoms with van der Waals surface area (Å²) < 4.78 is 38.3. The molecular weight excluding hydrogens is 293 g/mol. The smallest absolute Gasteiger partial charge is 0.337 e. The topological polar surface area (TPSA) is 32.3 Å². The second-order valence-corrected chi connectivity index (χ2v) is 6.16. The second kappa shape index (κ2) is 5.57. The number of halogens is 3. The van der Waals surface area contributed by atoms with Gasteiger partial charge in [0.1, 0.15) is 0 Å². The molecular formula is C16H19F3N2O. The van der Waals surface area contributed by atoms with Crippen molar-refractivity contribution in [2.75, 3.05) is 19.6 Å². The van der Waals surface area contributed by atoms with E-state index in [4.69, 9.17) is 0 Å². The first-order valence-corrected chi connectivity index (χ1v) is 7.56. The molecule has 1 N–H and O–H groups in total. The van der Waals surface area contributed by atoms with Crippen LogP contribution in [0.25, 0.3) is 0 Å². The highest BCUT2D eigenvalue weighted by atomic mass is 19.4. The van der Waals surface area contributed by atoms with Crippen LogP contribution in [0, 0.1) is 5.92 Å². The number of nitrogens with one attached hydrogen (secondary N) is 1. The van der Waals surface area contributed by atoms with E-state index in [1.54, 1.807) is 6.07 Å². The van der Waals surface area contributed by atoms with Crippen LogP contribution in [0.4, 0.5) is 13.2 Å². The first-order chi connectivity index (χ1) is 10.4. The van der Waals surface area contributed by atoms with Gasteiger partial charge in [0, 0.05) is 31.6 Å². The van der Waals surface area contributed by atoms with Crippen molar-refractivity contribution in [3.05, 3.63) is 35.4 Å². The van der Waals surface area contributed by atoms with Crippen LogP contribution in [0.5, 0.6) is 0 Å². The van der Waals surface area contributed by atoms with Crippen LogP contribution in [-0.2, 0) is 11.0 Å². The summed E-state index contributed by atoms with van der Waals surface area (Å²) in [4.78, 5) is 14.4. The van der Waals surface area contributed by atoms with E-state index in [1.807, 2.05) is 11.8 Å². The molecule has 0 spiro atoms. The largest absolute Gasteiger partial charge is 0.416 e. The Balaban J connectivity index is 1.70. The van der Waals surface area contributed by atoms with Gasteiger partial charge in [-0.2, -0.15) is 13.2 Å². The van der Waals surface area contributed by atoms with Crippen LogP contribution in [0.1, 0.15) is 30.4 Å². The van der Waals surface area contributed by atoms with Gasteiger partial charge in [0.05, 0.1) is 5.56 Å². The predicted molar refractivity (Wildman–Crippen MR) is 76.3 cm³/mol. The monoisotopic (exact) mass is 312 g/mol. The quantitative estimate of drug-likeness (QED) is 0.910. The zero-order chi connectivity index (χ0) is 15.9. The molecule has 1 saturated heterocycles. The fourth-order valence-electron chi connectivity index (χ4n) is 3.16. The number of nitrogens with zero attached hydrogens (tertiary/aromatic N) is 1. The SMILES string of the molecule is C[C@@H]1CNCCN1C(=O)[C@H]1C[C@H]1c1cccc(C(F)(F)F)c1. The highest BCUT2D eigenvalue weighted by Gasteiger charge is 2.47. The van der Waals surface area contributed by atoms with Crippen molar-refractivity contribution in [2.24, 2.45) is 5.92 Å². The highest BCUT2D eigenvalue weighted by Crippen LogP contribution is 2.49. The highest BCUT2D eigenvalue weighted by molar-refractivity contribution is 5.83. The number of amides is 1. The minimum Gasteiger partial charge on any atom is -0.337 e. The molecule has 3 nitrogen and oxygen atoms in total. The van der Waals surface area contributed by atoms with Crippen LogP contribution in [-0.4, -0.2) is 36.5 Å². The Kier molecular flexibility index (Phi) is 3.89. The van der Waals surface area contributed by atoms with E-state index in [9.17, 15) is 18.0 Å². The van der Waals surface area contributed by atoms with E-state index in [1.165, 1.54) is 12.1 Å². The molecule has 0 radical (unpaired) electrons. The summed E-state index contributed by atoms with van der Waals surface area (Å²) in [5, 5.41) is 3.23. The fourth-order valence-corrected chi connectivity index (χ4v) is 3.16. The Morgan fingerprint density at radius 3 is 2.82 bits per heavy atom. The van der Waals surface area contributed by atoms with E-state index in [-0.39, 0.29) is 23.8 Å². The number of rotatable bonds is 2. The normalized spacial score (nSPS) is 28.5. The number of carbonyl (C=O) groups is 1. The molecule has 1 aliphatic heterocycles. The molecule has 1 aliphatic carbocycles. The van der Waals surface area contributed by atoms with Gasteiger partial charge in [-0.25, -0.2) is 0 Å². The third-order valence-corrected chi connectivity index (χ3v) is 4.53. The molecule has 22 heavy (non-hydrogen) atoms. The van der Waals surface area contributed by atoms with Crippen molar-refractivity contribution in [2.45, 2.75) is 31.5 Å². The Bertz CT molecular complexity index is 573. The molecule has 1 amide bonds. The lowest BCUT2D eigenvalue weighted by Crippen LogP contribution is -2.52. The lowest BCUT2D eigenvalue weighted by Gasteiger charge is -2.34. The van der Waals surface area contributed by atoms with Crippen LogP contribution >= 0.6 is 0 Å². The first-order valence-electron chi connectivity index (χ1n) is 7.56. The van der Waals surface area contributed by atoms with Crippen LogP contribution in [0.3, 0.4) is 0 Å². The van der Waals surface area contributed by atoms with Crippen molar-refractivity contribution in [3.63, 3.8) is 0 Å². The zero-order valence-corrected chi connectivity index (χ0v) is 12.4. The minimum absolute atomic E-state index is 0.0723. The molecule has 0 unspecified atom stereocenters. The van der Waals surface area contributed by atoms with E-state index < -0.39 is 11.7 Å². The lowest BCUT2D eigenvalue weighted by atomic mass is 10.0. The van der Waals surface area contributed by atoms with Gasteiger partial charge in [-0.1, -0.05) is 18.2 Å². The summed E-state index contributed by atoms with van der Waals surface area (Å²) in [5.74, 6) is -0.155. The molecule has 1 aromatic rings. The summed E-state index contributed by atoms with van der Waals surface area (Å²) in [6, 6.07) is 5.50. The second-order valence-electron chi connectivity index (χ2n) is 6.16. The lowest BCUT2D eigenvalue weighted by molar-refractivity contribution is -0.137. The van der Waals surface area contributed by atoms with Crippen molar-refractivity contribution < 1.29 is 18.0 Å². The number of piperazine rings is 1.